The van der Waals surface area contributed by atoms with Gasteiger partial charge in [0.1, 0.15) is 5.82 Å². The number of sulfonamides is 1. The van der Waals surface area contributed by atoms with Crippen LogP contribution in [-0.2, 0) is 26.8 Å². The highest BCUT2D eigenvalue weighted by molar-refractivity contribution is 7.89. The fraction of sp³-hybridized carbons (Fsp3) is 0.500. The number of imidazole rings is 1. The summed E-state index contributed by atoms with van der Waals surface area (Å²) in [5.74, 6) is -3.23. The van der Waals surface area contributed by atoms with Crippen molar-refractivity contribution in [2.75, 3.05) is 0 Å². The number of rotatable bonds is 7. The molecule has 1 aliphatic carbocycles. The Hall–Kier alpha value is -2.82. The molecule has 1 aromatic heterocycles. The molecular formula is C22H28F2N4O4S. The molecule has 1 aromatic carbocycles. The van der Waals surface area contributed by atoms with Crippen LogP contribution < -0.4 is 4.72 Å². The van der Waals surface area contributed by atoms with E-state index in [9.17, 15) is 22.0 Å². The molecule has 0 bridgehead atoms. The van der Waals surface area contributed by atoms with Gasteiger partial charge in [-0.1, -0.05) is 20.8 Å². The molecular weight excluding hydrogens is 454 g/mol. The molecule has 2 aromatic rings. The fourth-order valence-electron chi connectivity index (χ4n) is 3.95. The van der Waals surface area contributed by atoms with Gasteiger partial charge in [0.05, 0.1) is 21.5 Å². The highest BCUT2D eigenvalue weighted by Gasteiger charge is 2.35. The van der Waals surface area contributed by atoms with E-state index in [4.69, 9.17) is 10.5 Å². The Morgan fingerprint density at radius 2 is 1.97 bits per heavy atom. The van der Waals surface area contributed by atoms with Crippen LogP contribution in [0.25, 0.3) is 11.0 Å². The number of carbonyl (C=O) groups is 1. The van der Waals surface area contributed by atoms with Gasteiger partial charge >= 0.3 is 5.97 Å². The minimum absolute atomic E-state index is 0.0777. The van der Waals surface area contributed by atoms with Gasteiger partial charge in [-0.3, -0.25) is 4.72 Å². The number of nitrogens with one attached hydrogen (secondary N) is 2. The number of nitrogens with zero attached hydrogens (tertiary/aromatic N) is 2. The zero-order valence-corrected chi connectivity index (χ0v) is 19.5. The molecule has 0 aliphatic heterocycles. The van der Waals surface area contributed by atoms with Crippen LogP contribution in [0.5, 0.6) is 0 Å². The zero-order valence-electron chi connectivity index (χ0n) is 18.7. The first-order valence-corrected chi connectivity index (χ1v) is 12.1. The molecule has 1 aliphatic rings. The summed E-state index contributed by atoms with van der Waals surface area (Å²) in [6.45, 7) is 6.46. The van der Waals surface area contributed by atoms with Crippen LogP contribution in [0.4, 0.5) is 8.78 Å². The Morgan fingerprint density at radius 3 is 2.52 bits per heavy atom. The van der Waals surface area contributed by atoms with E-state index >= 15 is 0 Å². The molecule has 3 N–H and O–H groups in total. The quantitative estimate of drug-likeness (QED) is 0.405. The summed E-state index contributed by atoms with van der Waals surface area (Å²) in [6.07, 6.45) is 1.84. The average molecular weight is 483 g/mol. The van der Waals surface area contributed by atoms with Gasteiger partial charge in [0.2, 0.25) is 5.92 Å². The van der Waals surface area contributed by atoms with E-state index in [1.54, 1.807) is 6.07 Å². The van der Waals surface area contributed by atoms with Crippen LogP contribution in [0, 0.1) is 11.3 Å². The lowest BCUT2D eigenvalue weighted by molar-refractivity contribution is -0.132. The van der Waals surface area contributed by atoms with Gasteiger partial charge in [0.15, 0.2) is 0 Å². The maximum atomic E-state index is 13.6. The second kappa shape index (κ2) is 8.85. The summed E-state index contributed by atoms with van der Waals surface area (Å²) in [5.41, 5.74) is 0.269. The molecule has 33 heavy (non-hydrogen) atoms. The van der Waals surface area contributed by atoms with Gasteiger partial charge in [-0.15, -0.1) is 0 Å². The number of halogens is 2. The number of aromatic nitrogens is 2. The van der Waals surface area contributed by atoms with Crippen molar-refractivity contribution in [1.82, 2.24) is 14.3 Å². The summed E-state index contributed by atoms with van der Waals surface area (Å²) in [6, 6.07) is 4.42. The number of fused-ring (bicyclic) bond motifs is 1. The third-order valence-electron chi connectivity index (χ3n) is 5.75. The van der Waals surface area contributed by atoms with Gasteiger partial charge in [-0.25, -0.2) is 27.0 Å². The summed E-state index contributed by atoms with van der Waals surface area (Å²) in [7, 11) is -4.10. The number of benzene rings is 1. The number of aliphatic carboxylic acids is 1. The summed E-state index contributed by atoms with van der Waals surface area (Å²) in [5, 5.41) is 16.0. The van der Waals surface area contributed by atoms with Gasteiger partial charge in [0, 0.05) is 37.2 Å². The Labute approximate surface area is 191 Å². The van der Waals surface area contributed by atoms with E-state index in [0.717, 1.165) is 12.0 Å². The number of carboxylic acids is 1. The van der Waals surface area contributed by atoms with Crippen molar-refractivity contribution in [2.45, 2.75) is 69.2 Å². The smallest absolute Gasteiger partial charge is 0.338 e. The van der Waals surface area contributed by atoms with Gasteiger partial charge in [-0.05, 0) is 37.0 Å². The van der Waals surface area contributed by atoms with Crippen molar-refractivity contribution in [3.63, 3.8) is 0 Å². The first-order valence-electron chi connectivity index (χ1n) is 10.6. The first-order chi connectivity index (χ1) is 15.2. The zero-order chi connectivity index (χ0) is 24.6. The van der Waals surface area contributed by atoms with Crippen molar-refractivity contribution in [3.05, 3.63) is 35.8 Å². The van der Waals surface area contributed by atoms with Crippen molar-refractivity contribution >= 4 is 33.2 Å². The maximum Gasteiger partial charge on any atom is 0.338 e. The molecule has 8 nitrogen and oxygen atoms in total. The highest BCUT2D eigenvalue weighted by atomic mass is 32.2. The van der Waals surface area contributed by atoms with Crippen LogP contribution in [0.1, 0.15) is 52.3 Å². The number of hydrogen-bond donors (Lipinski definition) is 3. The largest absolute Gasteiger partial charge is 0.478 e. The van der Waals surface area contributed by atoms with Gasteiger partial charge in [-0.2, -0.15) is 0 Å². The van der Waals surface area contributed by atoms with Crippen molar-refractivity contribution in [1.29, 1.82) is 5.41 Å². The summed E-state index contributed by atoms with van der Waals surface area (Å²) in [4.78, 5) is 15.5. The number of hydrogen-bond acceptors (Lipinski definition) is 5. The fourth-order valence-corrected chi connectivity index (χ4v) is 4.88. The standard InChI is InChI=1S/C22H28F2N4O4S/c1-21(2,3)20-27-17-10-16(33(31,32)26-12-15(11-25)19(29)30)4-5-18(17)28(20)13-14-6-8-22(23,24)9-7-14/h4-5,10-12,14,25-26H,6-9,13H2,1-3H3,(H,29,30)/b15-12+,25-11?. The van der Waals surface area contributed by atoms with Crippen molar-refractivity contribution in [3.8, 4) is 0 Å². The van der Waals surface area contributed by atoms with Crippen LogP contribution >= 0.6 is 0 Å². The maximum absolute atomic E-state index is 13.6. The minimum atomic E-state index is -4.10. The van der Waals surface area contributed by atoms with E-state index in [-0.39, 0.29) is 29.1 Å². The molecule has 0 saturated heterocycles. The lowest BCUT2D eigenvalue weighted by atomic mass is 9.86. The average Bonchev–Trinajstić information content (AvgIpc) is 3.08. The summed E-state index contributed by atoms with van der Waals surface area (Å²) >= 11 is 0. The molecule has 1 saturated carbocycles. The van der Waals surface area contributed by atoms with Crippen LogP contribution in [0.15, 0.2) is 34.9 Å². The number of alkyl halides is 2. The molecule has 0 amide bonds. The third kappa shape index (κ3) is 5.58. The molecule has 0 radical (unpaired) electrons. The van der Waals surface area contributed by atoms with Gasteiger partial charge in [0.25, 0.3) is 10.0 Å². The molecule has 3 rings (SSSR count). The molecule has 1 heterocycles. The number of carboxylic acid groups (broad SMARTS) is 1. The molecule has 0 spiro atoms. The van der Waals surface area contributed by atoms with E-state index in [2.05, 4.69) is 9.71 Å². The topological polar surface area (TPSA) is 125 Å². The Bertz CT molecular complexity index is 1200. The van der Waals surface area contributed by atoms with Crippen LogP contribution in [-0.4, -0.2) is 41.2 Å². The Morgan fingerprint density at radius 1 is 1.33 bits per heavy atom. The SMILES string of the molecule is CC(C)(C)c1nc2cc(S(=O)(=O)N/C=C(\C=N)C(=O)O)ccc2n1CC1CCC(F)(F)CC1. The van der Waals surface area contributed by atoms with Crippen molar-refractivity contribution in [2.24, 2.45) is 5.92 Å². The minimum Gasteiger partial charge on any atom is -0.478 e. The Balaban J connectivity index is 1.97. The normalized spacial score (nSPS) is 17.8. The van der Waals surface area contributed by atoms with E-state index in [0.29, 0.717) is 36.6 Å². The van der Waals surface area contributed by atoms with Gasteiger partial charge < -0.3 is 15.1 Å². The molecule has 0 atom stereocenters. The highest BCUT2D eigenvalue weighted by Crippen LogP contribution is 2.38. The van der Waals surface area contributed by atoms with Crippen LogP contribution in [0.3, 0.4) is 0 Å². The van der Waals surface area contributed by atoms with Crippen molar-refractivity contribution < 1.29 is 27.1 Å². The lowest BCUT2D eigenvalue weighted by Gasteiger charge is -2.30. The Kier molecular flexibility index (Phi) is 6.65. The second-order valence-corrected chi connectivity index (χ2v) is 11.1. The van der Waals surface area contributed by atoms with E-state index in [1.807, 2.05) is 25.3 Å². The third-order valence-corrected chi connectivity index (χ3v) is 7.05. The predicted molar refractivity (Wildman–Crippen MR) is 120 cm³/mol. The second-order valence-electron chi connectivity index (χ2n) is 9.42. The lowest BCUT2D eigenvalue weighted by Crippen LogP contribution is -2.28. The monoisotopic (exact) mass is 482 g/mol. The summed E-state index contributed by atoms with van der Waals surface area (Å²) < 4.78 is 56.5. The van der Waals surface area contributed by atoms with Crippen LogP contribution in [0.2, 0.25) is 0 Å². The molecule has 180 valence electrons. The molecule has 11 heteroatoms. The molecule has 0 unspecified atom stereocenters. The van der Waals surface area contributed by atoms with E-state index < -0.39 is 27.5 Å². The van der Waals surface area contributed by atoms with E-state index in [1.165, 1.54) is 12.1 Å². The predicted octanol–water partition coefficient (Wildman–Crippen LogP) is 4.06. The molecule has 1 fully saturated rings. The first kappa shape index (κ1) is 24.8.